The zero-order valence-corrected chi connectivity index (χ0v) is 10.5. The van der Waals surface area contributed by atoms with Crippen LogP contribution in [0.5, 0.6) is 0 Å². The van der Waals surface area contributed by atoms with Crippen molar-refractivity contribution in [2.75, 3.05) is 7.11 Å². The lowest BCUT2D eigenvalue weighted by Gasteiger charge is -2.01. The maximum absolute atomic E-state index is 11.3. The van der Waals surface area contributed by atoms with Gasteiger partial charge in [0, 0.05) is 12.0 Å². The molecular formula is C13H20O4. The predicted molar refractivity (Wildman–Crippen MR) is 63.4 cm³/mol. The van der Waals surface area contributed by atoms with E-state index in [1.165, 1.54) is 7.11 Å². The lowest BCUT2D eigenvalue weighted by Crippen LogP contribution is -2.03. The Hall–Kier alpha value is -1.32. The average molecular weight is 240 g/mol. The number of ether oxygens (including phenoxy) is 2. The van der Waals surface area contributed by atoms with Crippen molar-refractivity contribution in [2.24, 2.45) is 0 Å². The molecule has 4 nitrogen and oxygen atoms in total. The van der Waals surface area contributed by atoms with E-state index in [9.17, 15) is 9.59 Å². The molecule has 0 spiro atoms. The first-order chi connectivity index (χ1) is 8.13. The van der Waals surface area contributed by atoms with E-state index in [4.69, 9.17) is 4.74 Å². The molecular weight excluding hydrogens is 220 g/mol. The second-order valence-electron chi connectivity index (χ2n) is 4.29. The molecule has 0 saturated carbocycles. The van der Waals surface area contributed by atoms with Gasteiger partial charge in [-0.25, -0.2) is 4.79 Å². The number of unbranched alkanes of at least 4 members (excludes halogenated alkanes) is 3. The van der Waals surface area contributed by atoms with Gasteiger partial charge >= 0.3 is 11.9 Å². The molecule has 1 heterocycles. The highest BCUT2D eigenvalue weighted by atomic mass is 16.5. The van der Waals surface area contributed by atoms with E-state index >= 15 is 0 Å². The summed E-state index contributed by atoms with van der Waals surface area (Å²) in [5.41, 5.74) is 0.797. The van der Waals surface area contributed by atoms with Crippen LogP contribution in [-0.2, 0) is 19.1 Å². The van der Waals surface area contributed by atoms with Crippen LogP contribution in [0.4, 0.5) is 0 Å². The van der Waals surface area contributed by atoms with Crippen LogP contribution in [0.2, 0.25) is 0 Å². The second-order valence-corrected chi connectivity index (χ2v) is 4.29. The van der Waals surface area contributed by atoms with Gasteiger partial charge in [0.2, 0.25) is 0 Å². The minimum atomic E-state index is -0.174. The fourth-order valence-electron chi connectivity index (χ4n) is 1.86. The van der Waals surface area contributed by atoms with Crippen LogP contribution in [0.3, 0.4) is 0 Å². The van der Waals surface area contributed by atoms with Crippen molar-refractivity contribution >= 4 is 11.9 Å². The SMILES string of the molecule is COC(=O)CCCCCCC1=CC(C)OC1=O. The predicted octanol–water partition coefficient (Wildman–Crippen LogP) is 2.37. The number of hydrogen-bond acceptors (Lipinski definition) is 4. The molecule has 0 aliphatic carbocycles. The first-order valence-corrected chi connectivity index (χ1v) is 6.12. The number of cyclic esters (lactones) is 1. The lowest BCUT2D eigenvalue weighted by molar-refractivity contribution is -0.141. The molecule has 17 heavy (non-hydrogen) atoms. The van der Waals surface area contributed by atoms with Crippen molar-refractivity contribution in [1.29, 1.82) is 0 Å². The maximum Gasteiger partial charge on any atom is 0.334 e. The van der Waals surface area contributed by atoms with Gasteiger partial charge in [-0.05, 0) is 32.3 Å². The third-order valence-corrected chi connectivity index (χ3v) is 2.80. The van der Waals surface area contributed by atoms with Crippen molar-refractivity contribution < 1.29 is 19.1 Å². The third-order valence-electron chi connectivity index (χ3n) is 2.80. The Morgan fingerprint density at radius 1 is 1.35 bits per heavy atom. The lowest BCUT2D eigenvalue weighted by atomic mass is 10.1. The van der Waals surface area contributed by atoms with Crippen molar-refractivity contribution in [3.8, 4) is 0 Å². The molecule has 1 unspecified atom stereocenters. The normalized spacial score (nSPS) is 18.8. The van der Waals surface area contributed by atoms with Gasteiger partial charge in [-0.3, -0.25) is 4.79 Å². The highest BCUT2D eigenvalue weighted by Gasteiger charge is 2.21. The van der Waals surface area contributed by atoms with Crippen LogP contribution in [0.1, 0.15) is 45.4 Å². The van der Waals surface area contributed by atoms with Gasteiger partial charge in [0.15, 0.2) is 0 Å². The van der Waals surface area contributed by atoms with Gasteiger partial charge in [-0.2, -0.15) is 0 Å². The van der Waals surface area contributed by atoms with E-state index in [1.807, 2.05) is 13.0 Å². The molecule has 96 valence electrons. The second kappa shape index (κ2) is 7.09. The molecule has 1 atom stereocenters. The topological polar surface area (TPSA) is 52.6 Å². The molecule has 0 aromatic carbocycles. The fourth-order valence-corrected chi connectivity index (χ4v) is 1.86. The van der Waals surface area contributed by atoms with Crippen LogP contribution >= 0.6 is 0 Å². The molecule has 1 rings (SSSR count). The smallest absolute Gasteiger partial charge is 0.334 e. The molecule has 1 aliphatic heterocycles. The Kier molecular flexibility index (Phi) is 5.73. The van der Waals surface area contributed by atoms with Crippen molar-refractivity contribution in [3.05, 3.63) is 11.6 Å². The first-order valence-electron chi connectivity index (χ1n) is 6.12. The summed E-state index contributed by atoms with van der Waals surface area (Å²) < 4.78 is 9.56. The zero-order chi connectivity index (χ0) is 12.7. The van der Waals surface area contributed by atoms with Gasteiger partial charge < -0.3 is 9.47 Å². The largest absolute Gasteiger partial charge is 0.469 e. The Morgan fingerprint density at radius 2 is 2.06 bits per heavy atom. The fraction of sp³-hybridized carbons (Fsp3) is 0.692. The molecule has 0 aromatic heterocycles. The zero-order valence-electron chi connectivity index (χ0n) is 10.5. The summed E-state index contributed by atoms with van der Waals surface area (Å²) in [5, 5.41) is 0. The Bertz CT molecular complexity index is 307. The van der Waals surface area contributed by atoms with Crippen molar-refractivity contribution in [1.82, 2.24) is 0 Å². The number of carbonyl (C=O) groups excluding carboxylic acids is 2. The van der Waals surface area contributed by atoms with Gasteiger partial charge in [-0.1, -0.05) is 12.8 Å². The summed E-state index contributed by atoms with van der Waals surface area (Å²) in [4.78, 5) is 22.1. The van der Waals surface area contributed by atoms with Crippen molar-refractivity contribution in [3.63, 3.8) is 0 Å². The Balaban J connectivity index is 2.03. The van der Waals surface area contributed by atoms with Crippen LogP contribution in [-0.4, -0.2) is 25.2 Å². The first kappa shape index (κ1) is 13.7. The maximum atomic E-state index is 11.3. The quantitative estimate of drug-likeness (QED) is 0.506. The molecule has 0 bridgehead atoms. The van der Waals surface area contributed by atoms with E-state index in [-0.39, 0.29) is 18.0 Å². The Labute approximate surface area is 102 Å². The summed E-state index contributed by atoms with van der Waals surface area (Å²) >= 11 is 0. The summed E-state index contributed by atoms with van der Waals surface area (Å²) in [6, 6.07) is 0. The Morgan fingerprint density at radius 3 is 2.65 bits per heavy atom. The molecule has 0 aromatic rings. The number of methoxy groups -OCH3 is 1. The van der Waals surface area contributed by atoms with Gasteiger partial charge in [0.1, 0.15) is 6.10 Å². The number of hydrogen-bond donors (Lipinski definition) is 0. The van der Waals surface area contributed by atoms with Crippen LogP contribution in [0.15, 0.2) is 11.6 Å². The average Bonchev–Trinajstić information content (AvgIpc) is 2.62. The molecule has 0 N–H and O–H groups in total. The molecule has 0 fully saturated rings. The van der Waals surface area contributed by atoms with E-state index < -0.39 is 0 Å². The molecule has 0 amide bonds. The van der Waals surface area contributed by atoms with Crippen LogP contribution < -0.4 is 0 Å². The molecule has 1 aliphatic rings. The molecule has 4 heteroatoms. The summed E-state index contributed by atoms with van der Waals surface area (Å²) in [7, 11) is 1.40. The number of carbonyl (C=O) groups is 2. The molecule has 0 radical (unpaired) electrons. The highest BCUT2D eigenvalue weighted by Crippen LogP contribution is 2.19. The summed E-state index contributed by atoms with van der Waals surface area (Å²) in [5.74, 6) is -0.326. The minimum Gasteiger partial charge on any atom is -0.469 e. The van der Waals surface area contributed by atoms with Gasteiger partial charge in [0.25, 0.3) is 0 Å². The van der Waals surface area contributed by atoms with Crippen LogP contribution in [0.25, 0.3) is 0 Å². The van der Waals surface area contributed by atoms with E-state index in [1.54, 1.807) is 0 Å². The standard InChI is InChI=1S/C13H20O4/c1-10-9-11(13(15)17-10)7-5-3-4-6-8-12(14)16-2/h9-10H,3-8H2,1-2H3. The van der Waals surface area contributed by atoms with Gasteiger partial charge in [-0.15, -0.1) is 0 Å². The van der Waals surface area contributed by atoms with E-state index in [0.717, 1.165) is 37.7 Å². The van der Waals surface area contributed by atoms with Gasteiger partial charge in [0.05, 0.1) is 7.11 Å². The third kappa shape index (κ3) is 5.02. The van der Waals surface area contributed by atoms with Crippen LogP contribution in [0, 0.1) is 0 Å². The highest BCUT2D eigenvalue weighted by molar-refractivity contribution is 5.90. The monoisotopic (exact) mass is 240 g/mol. The van der Waals surface area contributed by atoms with E-state index in [0.29, 0.717) is 6.42 Å². The van der Waals surface area contributed by atoms with Crippen molar-refractivity contribution in [2.45, 2.75) is 51.6 Å². The van der Waals surface area contributed by atoms with E-state index in [2.05, 4.69) is 4.74 Å². The summed E-state index contributed by atoms with van der Waals surface area (Å²) in [6.07, 6.45) is 6.91. The molecule has 0 saturated heterocycles. The minimum absolute atomic E-state index is 0.0724. The summed E-state index contributed by atoms with van der Waals surface area (Å²) in [6.45, 7) is 1.86. The number of rotatable bonds is 7. The number of esters is 2.